The first-order chi connectivity index (χ1) is 15.6. The van der Waals surface area contributed by atoms with Gasteiger partial charge in [-0.1, -0.05) is 96.0 Å². The SMILES string of the molecule is CCCCCCc1ccccc1-c1ccc(OC(=O)O)c(CCCCC)c1CCCCC. The summed E-state index contributed by atoms with van der Waals surface area (Å²) in [7, 11) is 0. The highest BCUT2D eigenvalue weighted by molar-refractivity contribution is 5.74. The van der Waals surface area contributed by atoms with Crippen LogP contribution in [0, 0.1) is 0 Å². The normalized spacial score (nSPS) is 11.0. The summed E-state index contributed by atoms with van der Waals surface area (Å²) in [6.45, 7) is 6.66. The summed E-state index contributed by atoms with van der Waals surface area (Å²) in [6, 6.07) is 12.7. The van der Waals surface area contributed by atoms with E-state index in [-0.39, 0.29) is 0 Å². The van der Waals surface area contributed by atoms with E-state index in [0.717, 1.165) is 50.5 Å². The average molecular weight is 439 g/mol. The summed E-state index contributed by atoms with van der Waals surface area (Å²) in [5, 5.41) is 9.32. The summed E-state index contributed by atoms with van der Waals surface area (Å²) in [5.41, 5.74) is 6.34. The molecule has 2 aromatic rings. The van der Waals surface area contributed by atoms with E-state index in [1.807, 2.05) is 6.07 Å². The van der Waals surface area contributed by atoms with Crippen LogP contribution >= 0.6 is 0 Å². The third-order valence-electron chi connectivity index (χ3n) is 6.25. The molecule has 0 fully saturated rings. The van der Waals surface area contributed by atoms with E-state index in [1.165, 1.54) is 60.8 Å². The lowest BCUT2D eigenvalue weighted by Crippen LogP contribution is -2.09. The highest BCUT2D eigenvalue weighted by Crippen LogP contribution is 2.37. The van der Waals surface area contributed by atoms with Gasteiger partial charge in [-0.05, 0) is 72.4 Å². The predicted octanol–water partition coefficient (Wildman–Crippen LogP) is 9.00. The van der Waals surface area contributed by atoms with Gasteiger partial charge < -0.3 is 9.84 Å². The molecule has 0 spiro atoms. The first-order valence-electron chi connectivity index (χ1n) is 12.8. The van der Waals surface area contributed by atoms with Crippen molar-refractivity contribution in [2.24, 2.45) is 0 Å². The lowest BCUT2D eigenvalue weighted by Gasteiger charge is -2.20. The number of unbranched alkanes of at least 4 members (excludes halogenated alkanes) is 7. The van der Waals surface area contributed by atoms with Crippen LogP contribution in [0.2, 0.25) is 0 Å². The highest BCUT2D eigenvalue weighted by atomic mass is 16.7. The molecular weight excluding hydrogens is 396 g/mol. The van der Waals surface area contributed by atoms with E-state index in [1.54, 1.807) is 0 Å². The van der Waals surface area contributed by atoms with Gasteiger partial charge in [-0.25, -0.2) is 4.79 Å². The Balaban J connectivity index is 2.50. The summed E-state index contributed by atoms with van der Waals surface area (Å²) in [5.74, 6) is 0.518. The smallest absolute Gasteiger partial charge is 0.449 e. The predicted molar refractivity (Wildman–Crippen MR) is 135 cm³/mol. The third kappa shape index (κ3) is 8.00. The molecule has 0 atom stereocenters. The minimum absolute atomic E-state index is 0.518. The Morgan fingerprint density at radius 1 is 0.688 bits per heavy atom. The van der Waals surface area contributed by atoms with Crippen LogP contribution in [0.1, 0.15) is 102 Å². The van der Waals surface area contributed by atoms with Crippen LogP contribution in [-0.4, -0.2) is 11.3 Å². The van der Waals surface area contributed by atoms with Gasteiger partial charge in [-0.2, -0.15) is 0 Å². The molecular formula is C29H42O3. The van der Waals surface area contributed by atoms with E-state index in [0.29, 0.717) is 5.75 Å². The molecule has 2 aromatic carbocycles. The monoisotopic (exact) mass is 438 g/mol. The van der Waals surface area contributed by atoms with Gasteiger partial charge in [0, 0.05) is 0 Å². The third-order valence-corrected chi connectivity index (χ3v) is 6.25. The molecule has 0 radical (unpaired) electrons. The van der Waals surface area contributed by atoms with E-state index in [2.05, 4.69) is 51.1 Å². The fourth-order valence-corrected chi connectivity index (χ4v) is 4.52. The fourth-order valence-electron chi connectivity index (χ4n) is 4.52. The van der Waals surface area contributed by atoms with E-state index in [4.69, 9.17) is 4.74 Å². The number of carboxylic acid groups (broad SMARTS) is 1. The van der Waals surface area contributed by atoms with Gasteiger partial charge in [0.15, 0.2) is 0 Å². The number of aryl methyl sites for hydroxylation is 1. The van der Waals surface area contributed by atoms with Crippen LogP contribution in [0.5, 0.6) is 5.75 Å². The largest absolute Gasteiger partial charge is 0.511 e. The second-order valence-corrected chi connectivity index (χ2v) is 8.82. The Morgan fingerprint density at radius 3 is 1.94 bits per heavy atom. The average Bonchev–Trinajstić information content (AvgIpc) is 2.78. The zero-order valence-electron chi connectivity index (χ0n) is 20.4. The van der Waals surface area contributed by atoms with Gasteiger partial charge in [0.25, 0.3) is 0 Å². The molecule has 0 heterocycles. The van der Waals surface area contributed by atoms with E-state index >= 15 is 0 Å². The van der Waals surface area contributed by atoms with Gasteiger partial charge in [0.05, 0.1) is 0 Å². The van der Waals surface area contributed by atoms with Crippen LogP contribution in [-0.2, 0) is 19.3 Å². The lowest BCUT2D eigenvalue weighted by atomic mass is 9.86. The van der Waals surface area contributed by atoms with Gasteiger partial charge in [-0.3, -0.25) is 0 Å². The minimum atomic E-state index is -1.23. The van der Waals surface area contributed by atoms with E-state index < -0.39 is 6.16 Å². The van der Waals surface area contributed by atoms with Gasteiger partial charge in [0.2, 0.25) is 0 Å². The van der Waals surface area contributed by atoms with Gasteiger partial charge in [-0.15, -0.1) is 0 Å². The van der Waals surface area contributed by atoms with Gasteiger partial charge >= 0.3 is 6.16 Å². The number of rotatable bonds is 15. The molecule has 0 saturated carbocycles. The molecule has 3 heteroatoms. The molecule has 0 amide bonds. The first-order valence-corrected chi connectivity index (χ1v) is 12.8. The molecule has 0 aliphatic carbocycles. The van der Waals surface area contributed by atoms with Crippen molar-refractivity contribution in [2.75, 3.05) is 0 Å². The van der Waals surface area contributed by atoms with Crippen LogP contribution in [0.4, 0.5) is 4.79 Å². The van der Waals surface area contributed by atoms with Gasteiger partial charge in [0.1, 0.15) is 5.75 Å². The van der Waals surface area contributed by atoms with Crippen molar-refractivity contribution < 1.29 is 14.6 Å². The molecule has 0 unspecified atom stereocenters. The Kier molecular flexibility index (Phi) is 11.9. The topological polar surface area (TPSA) is 46.5 Å². The fraction of sp³-hybridized carbons (Fsp3) is 0.552. The molecule has 1 N–H and O–H groups in total. The Hall–Kier alpha value is -2.29. The Bertz CT molecular complexity index is 825. The van der Waals surface area contributed by atoms with Crippen molar-refractivity contribution in [1.82, 2.24) is 0 Å². The summed E-state index contributed by atoms with van der Waals surface area (Å²) < 4.78 is 5.25. The van der Waals surface area contributed by atoms with Crippen molar-refractivity contribution in [3.05, 3.63) is 53.1 Å². The molecule has 0 saturated heterocycles. The molecule has 0 aliphatic rings. The second kappa shape index (κ2) is 14.7. The molecule has 32 heavy (non-hydrogen) atoms. The Labute approximate surface area is 195 Å². The minimum Gasteiger partial charge on any atom is -0.449 e. The maximum absolute atomic E-state index is 11.4. The molecule has 2 rings (SSSR count). The Morgan fingerprint density at radius 2 is 1.28 bits per heavy atom. The number of carbonyl (C=O) groups is 1. The molecule has 0 bridgehead atoms. The second-order valence-electron chi connectivity index (χ2n) is 8.82. The van der Waals surface area contributed by atoms with Crippen LogP contribution < -0.4 is 4.74 Å². The number of ether oxygens (including phenoxy) is 1. The van der Waals surface area contributed by atoms with Crippen molar-refractivity contribution in [3.8, 4) is 16.9 Å². The standard InChI is InChI=1S/C29H42O3/c1-4-7-10-13-16-23-17-14-15-18-24(23)26-21-22-28(32-29(30)31)27(20-12-9-6-3)25(26)19-11-8-5-2/h14-15,17-18,21-22H,4-13,16,19-20H2,1-3H3,(H,30,31). The first kappa shape index (κ1) is 26.0. The molecule has 0 aromatic heterocycles. The zero-order chi connectivity index (χ0) is 23.2. The van der Waals surface area contributed by atoms with Crippen molar-refractivity contribution in [1.29, 1.82) is 0 Å². The van der Waals surface area contributed by atoms with Crippen LogP contribution in [0.15, 0.2) is 36.4 Å². The zero-order valence-corrected chi connectivity index (χ0v) is 20.4. The molecule has 3 nitrogen and oxygen atoms in total. The lowest BCUT2D eigenvalue weighted by molar-refractivity contribution is 0.144. The summed E-state index contributed by atoms with van der Waals surface area (Å²) in [6.07, 6.45) is 13.5. The maximum atomic E-state index is 11.4. The maximum Gasteiger partial charge on any atom is 0.511 e. The van der Waals surface area contributed by atoms with E-state index in [9.17, 15) is 9.90 Å². The van der Waals surface area contributed by atoms with Crippen molar-refractivity contribution in [3.63, 3.8) is 0 Å². The van der Waals surface area contributed by atoms with Crippen LogP contribution in [0.3, 0.4) is 0 Å². The highest BCUT2D eigenvalue weighted by Gasteiger charge is 2.18. The summed E-state index contributed by atoms with van der Waals surface area (Å²) >= 11 is 0. The number of hydrogen-bond acceptors (Lipinski definition) is 2. The number of benzene rings is 2. The number of hydrogen-bond donors (Lipinski definition) is 1. The molecule has 0 aliphatic heterocycles. The van der Waals surface area contributed by atoms with Crippen LogP contribution in [0.25, 0.3) is 11.1 Å². The van der Waals surface area contributed by atoms with Crippen molar-refractivity contribution in [2.45, 2.75) is 104 Å². The molecule has 176 valence electrons. The van der Waals surface area contributed by atoms with Crippen molar-refractivity contribution >= 4 is 6.16 Å². The summed E-state index contributed by atoms with van der Waals surface area (Å²) in [4.78, 5) is 11.4. The quantitative estimate of drug-likeness (QED) is 0.171.